The van der Waals surface area contributed by atoms with Crippen molar-refractivity contribution >= 4 is 64.2 Å². The van der Waals surface area contributed by atoms with Crippen molar-refractivity contribution in [3.05, 3.63) is 142 Å². The summed E-state index contributed by atoms with van der Waals surface area (Å²) in [5.41, 5.74) is 6.20. The van der Waals surface area contributed by atoms with E-state index >= 15 is 0 Å². The number of amides is 1. The minimum absolute atomic E-state index is 0.0859. The number of rotatable bonds is 18. The number of piperazine rings is 1. The van der Waals surface area contributed by atoms with Crippen LogP contribution in [-0.4, -0.2) is 99.4 Å². The molecule has 59 heavy (non-hydrogen) atoms. The monoisotopic (exact) mass is 853 g/mol. The predicted octanol–water partition coefficient (Wildman–Crippen LogP) is 9.05. The molecule has 14 heteroatoms. The van der Waals surface area contributed by atoms with Gasteiger partial charge in [0.1, 0.15) is 5.69 Å². The summed E-state index contributed by atoms with van der Waals surface area (Å²) < 4.78 is 7.92. The molecule has 1 aliphatic rings. The fourth-order valence-electron chi connectivity index (χ4n) is 6.76. The molecule has 1 atom stereocenters. The molecule has 1 heterocycles. The predicted molar refractivity (Wildman–Crippen MR) is 240 cm³/mol. The third-order valence-corrected chi connectivity index (χ3v) is 12.2. The first-order chi connectivity index (χ1) is 28.6. The summed E-state index contributed by atoms with van der Waals surface area (Å²) in [6.07, 6.45) is 0.876. The summed E-state index contributed by atoms with van der Waals surface area (Å²) in [4.78, 5) is 52.8. The minimum atomic E-state index is -0.363. The molecule has 1 saturated heterocycles. The van der Waals surface area contributed by atoms with E-state index < -0.39 is 0 Å². The van der Waals surface area contributed by atoms with Crippen LogP contribution >= 0.6 is 35.3 Å². The summed E-state index contributed by atoms with van der Waals surface area (Å²) in [7, 11) is 6.82. The summed E-state index contributed by atoms with van der Waals surface area (Å²) in [5, 5.41) is 4.25. The van der Waals surface area contributed by atoms with Crippen molar-refractivity contribution in [1.29, 1.82) is 0 Å². The van der Waals surface area contributed by atoms with Crippen LogP contribution in [0.3, 0.4) is 0 Å². The zero-order valence-corrected chi connectivity index (χ0v) is 36.1. The number of ether oxygens (including phenoxy) is 1. The molecular weight excluding hydrogens is 804 g/mol. The second-order valence-electron chi connectivity index (χ2n) is 14.4. The number of nitrogens with one attached hydrogen (secondary N) is 2. The third-order valence-electron chi connectivity index (χ3n) is 10.0. The van der Waals surface area contributed by atoms with E-state index in [9.17, 15) is 14.5 Å². The van der Waals surface area contributed by atoms with Gasteiger partial charge in [-0.15, -0.1) is 11.8 Å². The molecule has 0 saturated carbocycles. The highest BCUT2D eigenvalue weighted by atomic mass is 35.5. The van der Waals surface area contributed by atoms with Crippen LogP contribution in [0, 0.1) is 4.91 Å². The number of halogens is 1. The lowest BCUT2D eigenvalue weighted by Crippen LogP contribution is -2.46. The fourth-order valence-corrected chi connectivity index (χ4v) is 8.52. The van der Waals surface area contributed by atoms with Crippen molar-refractivity contribution in [1.82, 2.24) is 14.5 Å². The van der Waals surface area contributed by atoms with Crippen molar-refractivity contribution < 1.29 is 24.1 Å². The lowest BCUT2D eigenvalue weighted by atomic mass is 9.97. The molecule has 1 fully saturated rings. The van der Waals surface area contributed by atoms with Gasteiger partial charge < -0.3 is 19.9 Å². The van der Waals surface area contributed by atoms with Gasteiger partial charge in [-0.25, -0.2) is 9.63 Å². The van der Waals surface area contributed by atoms with Gasteiger partial charge >= 0.3 is 11.7 Å². The van der Waals surface area contributed by atoms with Gasteiger partial charge in [-0.2, -0.15) is 0 Å². The number of methoxy groups -OCH3 is 1. The van der Waals surface area contributed by atoms with Gasteiger partial charge in [-0.3, -0.25) is 14.4 Å². The first-order valence-electron chi connectivity index (χ1n) is 19.4. The molecule has 6 rings (SSSR count). The number of carbonyl (C=O) groups is 2. The van der Waals surface area contributed by atoms with Crippen LogP contribution in [0.15, 0.2) is 125 Å². The Balaban J connectivity index is 1.04. The molecule has 0 aromatic heterocycles. The van der Waals surface area contributed by atoms with Crippen LogP contribution in [0.2, 0.25) is 5.02 Å². The highest BCUT2D eigenvalue weighted by molar-refractivity contribution is 7.99. The highest BCUT2D eigenvalue weighted by Gasteiger charge is 2.25. The van der Waals surface area contributed by atoms with E-state index in [4.69, 9.17) is 21.2 Å². The lowest BCUT2D eigenvalue weighted by molar-refractivity contribution is -0.736. The van der Waals surface area contributed by atoms with Crippen LogP contribution in [0.25, 0.3) is 11.1 Å². The molecule has 11 nitrogen and oxygen atoms in total. The van der Waals surface area contributed by atoms with E-state index in [-0.39, 0.29) is 17.9 Å². The van der Waals surface area contributed by atoms with E-state index in [0.717, 1.165) is 79.2 Å². The van der Waals surface area contributed by atoms with Crippen molar-refractivity contribution in [2.75, 3.05) is 77.0 Å². The van der Waals surface area contributed by atoms with Crippen LogP contribution in [-0.2, 0) is 16.1 Å². The van der Waals surface area contributed by atoms with Crippen molar-refractivity contribution in [2.24, 2.45) is 0 Å². The van der Waals surface area contributed by atoms with Crippen LogP contribution < -0.4 is 14.9 Å². The van der Waals surface area contributed by atoms with Gasteiger partial charge in [0.05, 0.1) is 17.6 Å². The topological polar surface area (TPSA) is 106 Å². The van der Waals surface area contributed by atoms with E-state index in [1.807, 2.05) is 105 Å². The van der Waals surface area contributed by atoms with Gasteiger partial charge in [0.15, 0.2) is 7.11 Å². The average Bonchev–Trinajstić information content (AvgIpc) is 3.27. The molecule has 2 N–H and O–H groups in total. The maximum atomic E-state index is 13.3. The number of benzene rings is 5. The van der Waals surface area contributed by atoms with Gasteiger partial charge in [-0.1, -0.05) is 48.0 Å². The quantitative estimate of drug-likeness (QED) is 0.0382. The number of hydrogen-bond acceptors (Lipinski definition) is 11. The molecule has 5 aromatic rings. The highest BCUT2D eigenvalue weighted by Crippen LogP contribution is 2.32. The number of anilines is 2. The Kier molecular flexibility index (Phi) is 15.7. The van der Waals surface area contributed by atoms with Crippen LogP contribution in [0.1, 0.15) is 32.7 Å². The summed E-state index contributed by atoms with van der Waals surface area (Å²) in [6.45, 7) is 4.83. The zero-order valence-electron chi connectivity index (χ0n) is 33.7. The Morgan fingerprint density at radius 3 is 2.24 bits per heavy atom. The number of nitrogens with zero attached hydrogens (tertiary/aromatic N) is 4. The second kappa shape index (κ2) is 21.3. The summed E-state index contributed by atoms with van der Waals surface area (Å²) >= 11 is 9.07. The third kappa shape index (κ3) is 12.2. The van der Waals surface area contributed by atoms with E-state index in [0.29, 0.717) is 43.9 Å². The standard InChI is InChI=1S/C45H49ClN6O5S2/c1-49(2)23-22-37(31-58-39-8-6-5-7-9-39)47-42-21-19-40(29-43(42)52(55)57-4)59-48-44(53)33-12-17-38(18-13-33)51-26-24-50(25-27-51)30-35-28-34(45(54)56-3)14-20-41(35)32-10-15-36(46)16-11-32/h5-21,28-29,37H,22-27,30-31H2,1-4H3,(H-,47,48,53,55)/p+1. The Morgan fingerprint density at radius 2 is 1.56 bits per heavy atom. The maximum absolute atomic E-state index is 13.3. The van der Waals surface area contributed by atoms with Crippen molar-refractivity contribution in [2.45, 2.75) is 28.8 Å². The molecule has 1 unspecified atom stereocenters. The Bertz CT molecular complexity index is 2190. The maximum Gasteiger partial charge on any atom is 0.340 e. The summed E-state index contributed by atoms with van der Waals surface area (Å²) in [5.74, 6) is 0.206. The van der Waals surface area contributed by atoms with E-state index in [2.05, 4.69) is 36.9 Å². The Labute approximate surface area is 360 Å². The fraction of sp³-hybridized carbons (Fsp3) is 0.289. The molecule has 5 aromatic carbocycles. The van der Waals surface area contributed by atoms with Gasteiger partial charge in [0.25, 0.3) is 10.8 Å². The van der Waals surface area contributed by atoms with Crippen molar-refractivity contribution in [3.8, 4) is 11.1 Å². The normalized spacial score (nSPS) is 13.5. The SMILES string of the molecule is COC(=O)c1ccc(-c2ccc(Cl)cc2)c(CN2CCN(c3ccc(C(=O)NSc4ccc(NC(CCN(C)C)CSc5ccccc5)c([N+](=O)OC)c4)cc3)CC2)c1. The second-order valence-corrected chi connectivity index (χ2v) is 16.8. The Morgan fingerprint density at radius 1 is 0.847 bits per heavy atom. The van der Waals surface area contributed by atoms with Gasteiger partial charge in [0.2, 0.25) is 0 Å². The largest absolute Gasteiger partial charge is 0.465 e. The van der Waals surface area contributed by atoms with Crippen molar-refractivity contribution in [3.63, 3.8) is 0 Å². The molecule has 0 spiro atoms. The van der Waals surface area contributed by atoms with Gasteiger partial charge in [0, 0.05) is 76.6 Å². The number of esters is 1. The summed E-state index contributed by atoms with van der Waals surface area (Å²) in [6, 6.07) is 36.8. The molecule has 308 valence electrons. The first-order valence-corrected chi connectivity index (χ1v) is 21.5. The van der Waals surface area contributed by atoms with E-state index in [1.165, 1.54) is 19.1 Å². The zero-order chi connectivity index (χ0) is 41.7. The number of thioether (sulfide) groups is 1. The Hall–Kier alpha value is -5.05. The molecule has 1 amide bonds. The molecule has 0 bridgehead atoms. The van der Waals surface area contributed by atoms with E-state index in [1.54, 1.807) is 23.9 Å². The van der Waals surface area contributed by atoms with Gasteiger partial charge in [-0.05, 0) is 128 Å². The average molecular weight is 855 g/mol. The minimum Gasteiger partial charge on any atom is -0.465 e. The number of carbonyl (C=O) groups excluding carboxylic acids is 2. The number of hydrogen-bond donors (Lipinski definition) is 2. The first kappa shape index (κ1) is 43.5. The molecule has 1 aliphatic heterocycles. The van der Waals surface area contributed by atoms with Crippen LogP contribution in [0.5, 0.6) is 0 Å². The lowest BCUT2D eigenvalue weighted by Gasteiger charge is -2.36. The molecule has 0 radical (unpaired) electrons. The van der Waals surface area contributed by atoms with Crippen LogP contribution in [0.4, 0.5) is 17.1 Å². The molecular formula is C45H50ClN6O5S2+. The molecule has 0 aliphatic carbocycles. The smallest absolute Gasteiger partial charge is 0.340 e.